The molecule has 0 aliphatic carbocycles. The average molecular weight is 248 g/mol. The molecule has 1 rings (SSSR count). The smallest absolute Gasteiger partial charge is 0.0584 e. The first-order valence-electron chi connectivity index (χ1n) is 4.95. The SMILES string of the molecule is CC[C@H](CO)NCc1cc(Cl)cc(Cl)c1. The Bertz CT molecular complexity index is 293. The minimum absolute atomic E-state index is 0.128. The van der Waals surface area contributed by atoms with Gasteiger partial charge in [-0.2, -0.15) is 0 Å². The molecule has 84 valence electrons. The molecule has 1 aromatic carbocycles. The predicted molar refractivity (Wildman–Crippen MR) is 64.5 cm³/mol. The van der Waals surface area contributed by atoms with Crippen molar-refractivity contribution in [3.63, 3.8) is 0 Å². The molecule has 0 unspecified atom stereocenters. The molecule has 0 aliphatic heterocycles. The van der Waals surface area contributed by atoms with Crippen LogP contribution in [0, 0.1) is 0 Å². The van der Waals surface area contributed by atoms with Gasteiger partial charge < -0.3 is 10.4 Å². The highest BCUT2D eigenvalue weighted by atomic mass is 35.5. The summed E-state index contributed by atoms with van der Waals surface area (Å²) in [6.45, 7) is 2.84. The molecule has 2 nitrogen and oxygen atoms in total. The summed E-state index contributed by atoms with van der Waals surface area (Å²) in [5, 5.41) is 13.5. The van der Waals surface area contributed by atoms with Gasteiger partial charge in [-0.15, -0.1) is 0 Å². The number of aliphatic hydroxyl groups is 1. The first kappa shape index (κ1) is 12.8. The molecule has 0 amide bonds. The van der Waals surface area contributed by atoms with Gasteiger partial charge in [-0.1, -0.05) is 30.1 Å². The van der Waals surface area contributed by atoms with Gasteiger partial charge in [0.1, 0.15) is 0 Å². The second kappa shape index (κ2) is 6.33. The fourth-order valence-electron chi connectivity index (χ4n) is 1.31. The van der Waals surface area contributed by atoms with Gasteiger partial charge in [-0.25, -0.2) is 0 Å². The van der Waals surface area contributed by atoms with E-state index >= 15 is 0 Å². The van der Waals surface area contributed by atoms with Gasteiger partial charge in [-0.05, 0) is 30.2 Å². The number of rotatable bonds is 5. The van der Waals surface area contributed by atoms with E-state index in [0.29, 0.717) is 16.6 Å². The highest BCUT2D eigenvalue weighted by Crippen LogP contribution is 2.18. The zero-order valence-electron chi connectivity index (χ0n) is 8.63. The van der Waals surface area contributed by atoms with E-state index in [1.165, 1.54) is 0 Å². The minimum atomic E-state index is 0.128. The van der Waals surface area contributed by atoms with Crippen LogP contribution in [0.4, 0.5) is 0 Å². The van der Waals surface area contributed by atoms with Crippen molar-refractivity contribution in [3.8, 4) is 0 Å². The highest BCUT2D eigenvalue weighted by molar-refractivity contribution is 6.34. The van der Waals surface area contributed by atoms with Gasteiger partial charge in [0.05, 0.1) is 6.61 Å². The lowest BCUT2D eigenvalue weighted by Gasteiger charge is -2.14. The summed E-state index contributed by atoms with van der Waals surface area (Å²) in [4.78, 5) is 0. The van der Waals surface area contributed by atoms with Crippen LogP contribution in [0.5, 0.6) is 0 Å². The van der Waals surface area contributed by atoms with Crippen LogP contribution in [0.2, 0.25) is 10.0 Å². The van der Waals surface area contributed by atoms with Crippen LogP contribution in [-0.4, -0.2) is 17.8 Å². The summed E-state index contributed by atoms with van der Waals surface area (Å²) < 4.78 is 0. The second-order valence-corrected chi connectivity index (χ2v) is 4.32. The first-order valence-corrected chi connectivity index (χ1v) is 5.70. The molecule has 0 aliphatic rings. The summed E-state index contributed by atoms with van der Waals surface area (Å²) in [6.07, 6.45) is 0.894. The van der Waals surface area contributed by atoms with E-state index in [1.807, 2.05) is 19.1 Å². The van der Waals surface area contributed by atoms with Gasteiger partial charge in [0.25, 0.3) is 0 Å². The quantitative estimate of drug-likeness (QED) is 0.839. The van der Waals surface area contributed by atoms with Crippen molar-refractivity contribution in [2.75, 3.05) is 6.61 Å². The molecule has 15 heavy (non-hydrogen) atoms. The van der Waals surface area contributed by atoms with E-state index in [-0.39, 0.29) is 12.6 Å². The molecule has 0 radical (unpaired) electrons. The lowest BCUT2D eigenvalue weighted by atomic mass is 10.2. The van der Waals surface area contributed by atoms with Gasteiger partial charge in [0.15, 0.2) is 0 Å². The Labute approximate surface area is 100 Å². The van der Waals surface area contributed by atoms with Crippen molar-refractivity contribution in [2.24, 2.45) is 0 Å². The molecule has 0 spiro atoms. The van der Waals surface area contributed by atoms with E-state index in [0.717, 1.165) is 12.0 Å². The molecule has 0 heterocycles. The molecular formula is C11H15Cl2NO. The van der Waals surface area contributed by atoms with Gasteiger partial charge in [0, 0.05) is 22.6 Å². The summed E-state index contributed by atoms with van der Waals surface area (Å²) in [5.41, 5.74) is 1.03. The Morgan fingerprint density at radius 3 is 2.33 bits per heavy atom. The summed E-state index contributed by atoms with van der Waals surface area (Å²) in [6, 6.07) is 5.56. The van der Waals surface area contributed by atoms with Crippen LogP contribution in [0.3, 0.4) is 0 Å². The fraction of sp³-hybridized carbons (Fsp3) is 0.455. The third-order valence-corrected chi connectivity index (χ3v) is 2.67. The average Bonchev–Trinajstić information content (AvgIpc) is 2.18. The molecular weight excluding hydrogens is 233 g/mol. The molecule has 0 aromatic heterocycles. The number of aliphatic hydroxyl groups excluding tert-OH is 1. The molecule has 0 bridgehead atoms. The van der Waals surface area contributed by atoms with Crippen molar-refractivity contribution in [2.45, 2.75) is 25.9 Å². The minimum Gasteiger partial charge on any atom is -0.395 e. The number of hydrogen-bond acceptors (Lipinski definition) is 2. The standard InChI is InChI=1S/C11H15Cl2NO/c1-2-11(7-15)14-6-8-3-9(12)5-10(13)4-8/h3-5,11,14-15H,2,6-7H2,1H3/t11-/m1/s1. The van der Waals surface area contributed by atoms with Crippen molar-refractivity contribution in [1.29, 1.82) is 0 Å². The molecule has 1 atom stereocenters. The molecule has 1 aromatic rings. The van der Waals surface area contributed by atoms with Gasteiger partial charge >= 0.3 is 0 Å². The van der Waals surface area contributed by atoms with Crippen LogP contribution in [0.25, 0.3) is 0 Å². The number of hydrogen-bond donors (Lipinski definition) is 2. The van der Waals surface area contributed by atoms with E-state index in [2.05, 4.69) is 5.32 Å². The third kappa shape index (κ3) is 4.39. The number of nitrogens with one attached hydrogen (secondary N) is 1. The van der Waals surface area contributed by atoms with Crippen molar-refractivity contribution >= 4 is 23.2 Å². The van der Waals surface area contributed by atoms with Gasteiger partial charge in [-0.3, -0.25) is 0 Å². The van der Waals surface area contributed by atoms with E-state index in [4.69, 9.17) is 28.3 Å². The highest BCUT2D eigenvalue weighted by Gasteiger charge is 2.04. The summed E-state index contributed by atoms with van der Waals surface area (Å²) in [7, 11) is 0. The summed E-state index contributed by atoms with van der Waals surface area (Å²) in [5.74, 6) is 0. The van der Waals surface area contributed by atoms with Crippen LogP contribution in [0.1, 0.15) is 18.9 Å². The van der Waals surface area contributed by atoms with Crippen LogP contribution in [0.15, 0.2) is 18.2 Å². The maximum Gasteiger partial charge on any atom is 0.0584 e. The molecule has 4 heteroatoms. The predicted octanol–water partition coefficient (Wildman–Crippen LogP) is 2.85. The van der Waals surface area contributed by atoms with Crippen molar-refractivity contribution in [1.82, 2.24) is 5.32 Å². The van der Waals surface area contributed by atoms with Crippen LogP contribution < -0.4 is 5.32 Å². The van der Waals surface area contributed by atoms with E-state index < -0.39 is 0 Å². The Hall–Kier alpha value is -0.280. The Morgan fingerprint density at radius 1 is 1.27 bits per heavy atom. The molecule has 0 fully saturated rings. The number of halogens is 2. The molecule has 0 saturated heterocycles. The lowest BCUT2D eigenvalue weighted by molar-refractivity contribution is 0.238. The third-order valence-electron chi connectivity index (χ3n) is 2.23. The topological polar surface area (TPSA) is 32.3 Å². The Morgan fingerprint density at radius 2 is 1.87 bits per heavy atom. The zero-order chi connectivity index (χ0) is 11.3. The number of benzene rings is 1. The first-order chi connectivity index (χ1) is 7.15. The zero-order valence-corrected chi connectivity index (χ0v) is 10.1. The van der Waals surface area contributed by atoms with Crippen LogP contribution in [-0.2, 0) is 6.54 Å². The Balaban J connectivity index is 2.57. The lowest BCUT2D eigenvalue weighted by Crippen LogP contribution is -2.31. The Kier molecular flexibility index (Phi) is 5.40. The normalized spacial score (nSPS) is 12.8. The van der Waals surface area contributed by atoms with Crippen molar-refractivity contribution in [3.05, 3.63) is 33.8 Å². The summed E-state index contributed by atoms with van der Waals surface area (Å²) >= 11 is 11.7. The largest absolute Gasteiger partial charge is 0.395 e. The molecule has 2 N–H and O–H groups in total. The van der Waals surface area contributed by atoms with Crippen LogP contribution >= 0.6 is 23.2 Å². The molecule has 0 saturated carbocycles. The monoisotopic (exact) mass is 247 g/mol. The maximum absolute atomic E-state index is 9.00. The van der Waals surface area contributed by atoms with Crippen molar-refractivity contribution < 1.29 is 5.11 Å². The van der Waals surface area contributed by atoms with E-state index in [9.17, 15) is 0 Å². The fourth-order valence-corrected chi connectivity index (χ4v) is 1.88. The van der Waals surface area contributed by atoms with E-state index in [1.54, 1.807) is 6.07 Å². The maximum atomic E-state index is 9.00. The van der Waals surface area contributed by atoms with Gasteiger partial charge in [0.2, 0.25) is 0 Å². The second-order valence-electron chi connectivity index (χ2n) is 3.45.